The summed E-state index contributed by atoms with van der Waals surface area (Å²) in [7, 11) is 1.54. The van der Waals surface area contributed by atoms with Gasteiger partial charge in [0.1, 0.15) is 24.5 Å². The lowest BCUT2D eigenvalue weighted by Crippen LogP contribution is -2.13. The highest BCUT2D eigenvalue weighted by molar-refractivity contribution is 6.33. The van der Waals surface area contributed by atoms with E-state index in [1.165, 1.54) is 13.4 Å². The van der Waals surface area contributed by atoms with E-state index in [2.05, 4.69) is 27.2 Å². The van der Waals surface area contributed by atoms with Gasteiger partial charge in [0.15, 0.2) is 5.83 Å². The van der Waals surface area contributed by atoms with Crippen LogP contribution in [0.15, 0.2) is 49.1 Å². The summed E-state index contributed by atoms with van der Waals surface area (Å²) >= 11 is 6.08. The number of amides is 1. The van der Waals surface area contributed by atoms with Crippen LogP contribution >= 0.6 is 11.6 Å². The minimum Gasteiger partial charge on any atom is -0.489 e. The number of hydrogen-bond donors (Lipinski definition) is 3. The van der Waals surface area contributed by atoms with Gasteiger partial charge in [0.2, 0.25) is 0 Å². The molecule has 156 valence electrons. The number of nitrogens with one attached hydrogen (secondary N) is 2. The van der Waals surface area contributed by atoms with Gasteiger partial charge in [-0.2, -0.15) is 0 Å². The van der Waals surface area contributed by atoms with Gasteiger partial charge in [-0.3, -0.25) is 4.79 Å². The average molecular weight is 432 g/mol. The summed E-state index contributed by atoms with van der Waals surface area (Å²) in [5, 5.41) is 6.52. The third kappa shape index (κ3) is 4.94. The summed E-state index contributed by atoms with van der Waals surface area (Å²) in [6.07, 6.45) is 1.38. The summed E-state index contributed by atoms with van der Waals surface area (Å²) in [6, 6.07) is 8.26. The van der Waals surface area contributed by atoms with Crippen molar-refractivity contribution in [1.29, 1.82) is 0 Å². The van der Waals surface area contributed by atoms with Crippen LogP contribution in [-0.2, 0) is 9.53 Å². The minimum atomic E-state index is -1.13. The van der Waals surface area contributed by atoms with Crippen LogP contribution < -0.4 is 21.1 Å². The van der Waals surface area contributed by atoms with E-state index in [0.717, 1.165) is 0 Å². The predicted molar refractivity (Wildman–Crippen MR) is 115 cm³/mol. The van der Waals surface area contributed by atoms with Crippen LogP contribution in [0, 0.1) is 0 Å². The Morgan fingerprint density at radius 2 is 2.07 bits per heavy atom. The molecule has 0 saturated carbocycles. The number of methoxy groups -OCH3 is 1. The Hall–Kier alpha value is -3.43. The molecule has 0 bridgehead atoms. The number of carbonyl (C=O) groups excluding carboxylic acids is 1. The molecule has 10 heteroatoms. The van der Waals surface area contributed by atoms with Gasteiger partial charge in [-0.1, -0.05) is 18.2 Å². The molecule has 0 radical (unpaired) electrons. The number of benzene rings is 2. The van der Waals surface area contributed by atoms with Gasteiger partial charge in [-0.15, -0.1) is 0 Å². The van der Waals surface area contributed by atoms with Gasteiger partial charge < -0.3 is 25.8 Å². The Morgan fingerprint density at radius 1 is 1.27 bits per heavy atom. The largest absolute Gasteiger partial charge is 0.489 e. The van der Waals surface area contributed by atoms with Crippen LogP contribution in [0.4, 0.5) is 27.3 Å². The second-order valence-corrected chi connectivity index (χ2v) is 6.56. The fourth-order valence-corrected chi connectivity index (χ4v) is 2.75. The van der Waals surface area contributed by atoms with E-state index in [-0.39, 0.29) is 12.3 Å². The number of fused-ring (bicyclic) bond motifs is 1. The SMILES string of the molecule is C=C(F)C(=O)Nc1cc2c(Nc3ccc(N)c(Cl)c3)ncnc2cc1OCCOC. The first kappa shape index (κ1) is 21.3. The number of ether oxygens (including phenoxy) is 2. The number of rotatable bonds is 8. The molecule has 0 aliphatic heterocycles. The molecular weight excluding hydrogens is 413 g/mol. The summed E-state index contributed by atoms with van der Waals surface area (Å²) < 4.78 is 23.9. The van der Waals surface area contributed by atoms with Crippen molar-refractivity contribution >= 4 is 51.3 Å². The first-order valence-corrected chi connectivity index (χ1v) is 9.15. The summed E-state index contributed by atoms with van der Waals surface area (Å²) in [5.74, 6) is -1.37. The molecule has 30 heavy (non-hydrogen) atoms. The van der Waals surface area contributed by atoms with Crippen molar-refractivity contribution in [3.8, 4) is 5.75 Å². The molecule has 2 aromatic carbocycles. The van der Waals surface area contributed by atoms with E-state index in [9.17, 15) is 9.18 Å². The number of carbonyl (C=O) groups is 1. The molecule has 1 aromatic heterocycles. The molecule has 0 aliphatic rings. The molecular formula is C20H19ClFN5O3. The lowest BCUT2D eigenvalue weighted by atomic mass is 10.1. The van der Waals surface area contributed by atoms with Crippen molar-refractivity contribution in [3.05, 3.63) is 54.1 Å². The van der Waals surface area contributed by atoms with Crippen LogP contribution in [-0.4, -0.2) is 36.2 Å². The maximum atomic E-state index is 13.2. The summed E-state index contributed by atoms with van der Waals surface area (Å²) in [5.41, 5.74) is 7.61. The second kappa shape index (κ2) is 9.38. The molecule has 0 unspecified atom stereocenters. The fourth-order valence-electron chi connectivity index (χ4n) is 2.57. The molecule has 0 saturated heterocycles. The van der Waals surface area contributed by atoms with E-state index in [4.69, 9.17) is 26.8 Å². The Balaban J connectivity index is 2.03. The van der Waals surface area contributed by atoms with E-state index >= 15 is 0 Å². The Bertz CT molecular complexity index is 1110. The van der Waals surface area contributed by atoms with Crippen LogP contribution in [0.3, 0.4) is 0 Å². The van der Waals surface area contributed by atoms with Crippen molar-refractivity contribution in [2.45, 2.75) is 0 Å². The maximum Gasteiger partial charge on any atom is 0.283 e. The lowest BCUT2D eigenvalue weighted by molar-refractivity contribution is -0.114. The van der Waals surface area contributed by atoms with Crippen molar-refractivity contribution in [2.75, 3.05) is 36.7 Å². The summed E-state index contributed by atoms with van der Waals surface area (Å²) in [4.78, 5) is 20.3. The molecule has 3 aromatic rings. The highest BCUT2D eigenvalue weighted by atomic mass is 35.5. The number of nitrogen functional groups attached to an aromatic ring is 1. The lowest BCUT2D eigenvalue weighted by Gasteiger charge is -2.15. The van der Waals surface area contributed by atoms with E-state index in [1.807, 2.05) is 0 Å². The highest BCUT2D eigenvalue weighted by Gasteiger charge is 2.15. The van der Waals surface area contributed by atoms with Crippen molar-refractivity contribution < 1.29 is 18.7 Å². The maximum absolute atomic E-state index is 13.2. The monoisotopic (exact) mass is 431 g/mol. The smallest absolute Gasteiger partial charge is 0.283 e. The van der Waals surface area contributed by atoms with Gasteiger partial charge in [0.25, 0.3) is 5.91 Å². The minimum absolute atomic E-state index is 0.224. The standard InChI is InChI=1S/C20H19ClFN5O3/c1-11(22)20(28)27-17-8-13-16(9-18(17)30-6-5-29-2)24-10-25-19(13)26-12-3-4-15(23)14(21)7-12/h3-4,7-10H,1,5-6,23H2,2H3,(H,27,28)(H,24,25,26). The quantitative estimate of drug-likeness (QED) is 0.280. The molecule has 0 fully saturated rings. The molecule has 3 rings (SSSR count). The predicted octanol–water partition coefficient (Wildman–Crippen LogP) is 4.06. The molecule has 8 nitrogen and oxygen atoms in total. The van der Waals surface area contributed by atoms with Crippen molar-refractivity contribution in [1.82, 2.24) is 9.97 Å². The number of nitrogens with zero attached hydrogens (tertiary/aromatic N) is 2. The number of halogens is 2. The zero-order chi connectivity index (χ0) is 21.7. The van der Waals surface area contributed by atoms with Crippen LogP contribution in [0.25, 0.3) is 10.9 Å². The van der Waals surface area contributed by atoms with E-state index in [1.54, 1.807) is 30.3 Å². The van der Waals surface area contributed by atoms with Crippen molar-refractivity contribution in [2.24, 2.45) is 0 Å². The second-order valence-electron chi connectivity index (χ2n) is 6.15. The van der Waals surface area contributed by atoms with Gasteiger partial charge in [-0.25, -0.2) is 14.4 Å². The molecule has 0 spiro atoms. The fraction of sp³-hybridized carbons (Fsp3) is 0.150. The number of anilines is 4. The Kier molecular flexibility index (Phi) is 6.65. The van der Waals surface area contributed by atoms with E-state index < -0.39 is 11.7 Å². The normalized spacial score (nSPS) is 10.6. The van der Waals surface area contributed by atoms with Crippen LogP contribution in [0.5, 0.6) is 5.75 Å². The van der Waals surface area contributed by atoms with Crippen LogP contribution in [0.2, 0.25) is 5.02 Å². The molecule has 1 heterocycles. The Labute approximate surface area is 176 Å². The van der Waals surface area contributed by atoms with Crippen LogP contribution in [0.1, 0.15) is 0 Å². The number of nitrogens with two attached hydrogens (primary N) is 1. The molecule has 1 amide bonds. The Morgan fingerprint density at radius 3 is 2.77 bits per heavy atom. The zero-order valence-electron chi connectivity index (χ0n) is 16.0. The van der Waals surface area contributed by atoms with E-state index in [0.29, 0.717) is 45.5 Å². The third-order valence-electron chi connectivity index (χ3n) is 4.04. The first-order chi connectivity index (χ1) is 14.4. The summed E-state index contributed by atoms with van der Waals surface area (Å²) in [6.45, 7) is 3.56. The topological polar surface area (TPSA) is 111 Å². The number of aromatic nitrogens is 2. The first-order valence-electron chi connectivity index (χ1n) is 8.77. The van der Waals surface area contributed by atoms with Crippen molar-refractivity contribution in [3.63, 3.8) is 0 Å². The molecule has 0 atom stereocenters. The van der Waals surface area contributed by atoms with Gasteiger partial charge in [-0.05, 0) is 24.3 Å². The van der Waals surface area contributed by atoms with Gasteiger partial charge in [0, 0.05) is 24.2 Å². The average Bonchev–Trinajstić information content (AvgIpc) is 2.71. The highest BCUT2D eigenvalue weighted by Crippen LogP contribution is 2.34. The van der Waals surface area contributed by atoms with Gasteiger partial charge in [0.05, 0.1) is 28.5 Å². The third-order valence-corrected chi connectivity index (χ3v) is 4.37. The van der Waals surface area contributed by atoms with Gasteiger partial charge >= 0.3 is 0 Å². The molecule has 4 N–H and O–H groups in total. The number of hydrogen-bond acceptors (Lipinski definition) is 7. The zero-order valence-corrected chi connectivity index (χ0v) is 16.8. The molecule has 0 aliphatic carbocycles.